The van der Waals surface area contributed by atoms with Gasteiger partial charge >= 0.3 is 6.09 Å². The molecule has 4 aromatic rings. The molecule has 0 N–H and O–H groups in total. The minimum absolute atomic E-state index is 0.0569. The van der Waals surface area contributed by atoms with Gasteiger partial charge in [-0.05, 0) is 53.8 Å². The number of carbonyl (C=O) groups excluding carboxylic acids is 1. The summed E-state index contributed by atoms with van der Waals surface area (Å²) in [5.41, 5.74) is 5.41. The monoisotopic (exact) mass is 470 g/mol. The lowest BCUT2D eigenvalue weighted by Crippen LogP contribution is -2.18. The van der Waals surface area contributed by atoms with E-state index in [0.717, 1.165) is 16.7 Å². The maximum atomic E-state index is 12.9. The predicted molar refractivity (Wildman–Crippen MR) is 135 cm³/mol. The van der Waals surface area contributed by atoms with Gasteiger partial charge in [0.2, 0.25) is 0 Å². The summed E-state index contributed by atoms with van der Waals surface area (Å²) in [6.07, 6.45) is 2.79. The number of ether oxygens (including phenoxy) is 3. The highest BCUT2D eigenvalue weighted by Crippen LogP contribution is 2.30. The van der Waals surface area contributed by atoms with Crippen LogP contribution in [0.4, 0.5) is 4.79 Å². The lowest BCUT2D eigenvalue weighted by atomic mass is 9.93. The molecule has 0 spiro atoms. The molecule has 0 amide bonds. The van der Waals surface area contributed by atoms with Gasteiger partial charge in [0.1, 0.15) is 19.0 Å². The molecule has 35 heavy (non-hydrogen) atoms. The first-order valence-electron chi connectivity index (χ1n) is 11.6. The Hall–Kier alpha value is -4.06. The van der Waals surface area contributed by atoms with E-state index >= 15 is 0 Å². The van der Waals surface area contributed by atoms with Gasteiger partial charge in [-0.3, -0.25) is 0 Å². The van der Waals surface area contributed by atoms with Crippen molar-refractivity contribution in [2.24, 2.45) is 0 Å². The number of aryl methyl sites for hydroxylation is 1. The van der Waals surface area contributed by atoms with E-state index in [1.54, 1.807) is 19.5 Å². The number of methoxy groups -OCH3 is 1. The van der Waals surface area contributed by atoms with Gasteiger partial charge in [0.15, 0.2) is 11.5 Å². The Labute approximate surface area is 206 Å². The van der Waals surface area contributed by atoms with E-state index in [4.69, 9.17) is 14.2 Å². The summed E-state index contributed by atoms with van der Waals surface area (Å²) in [7, 11) is 1.59. The molecule has 3 aromatic carbocycles. The van der Waals surface area contributed by atoms with Crippen molar-refractivity contribution >= 4 is 6.09 Å². The topological polar surface area (TPSA) is 62.6 Å². The van der Waals surface area contributed by atoms with Crippen LogP contribution in [0.1, 0.15) is 46.5 Å². The van der Waals surface area contributed by atoms with Crippen LogP contribution >= 0.6 is 0 Å². The van der Waals surface area contributed by atoms with Gasteiger partial charge in [0.25, 0.3) is 0 Å². The second kappa shape index (κ2) is 10.9. The molecule has 0 fully saturated rings. The second-order valence-corrected chi connectivity index (χ2v) is 8.48. The smallest absolute Gasteiger partial charge is 0.419 e. The maximum Gasteiger partial charge on any atom is 0.419 e. The van der Waals surface area contributed by atoms with E-state index < -0.39 is 6.09 Å². The Kier molecular flexibility index (Phi) is 7.51. The minimum Gasteiger partial charge on any atom is -0.493 e. The van der Waals surface area contributed by atoms with Crippen molar-refractivity contribution in [3.63, 3.8) is 0 Å². The highest BCUT2D eigenvalue weighted by molar-refractivity contribution is 5.71. The fourth-order valence-electron chi connectivity index (χ4n) is 4.04. The van der Waals surface area contributed by atoms with Crippen LogP contribution in [0.3, 0.4) is 0 Å². The predicted octanol–water partition coefficient (Wildman–Crippen LogP) is 6.42. The van der Waals surface area contributed by atoms with Crippen LogP contribution in [-0.2, 0) is 18.0 Å². The van der Waals surface area contributed by atoms with Crippen LogP contribution in [-0.4, -0.2) is 22.8 Å². The summed E-state index contributed by atoms with van der Waals surface area (Å²) in [5, 5.41) is 0. The summed E-state index contributed by atoms with van der Waals surface area (Å²) >= 11 is 0. The number of hydrogen-bond donors (Lipinski definition) is 0. The Morgan fingerprint density at radius 3 is 2.51 bits per heavy atom. The molecule has 0 saturated carbocycles. The van der Waals surface area contributed by atoms with Crippen molar-refractivity contribution in [2.75, 3.05) is 7.11 Å². The van der Waals surface area contributed by atoms with Gasteiger partial charge in [0.05, 0.1) is 7.11 Å². The van der Waals surface area contributed by atoms with Crippen molar-refractivity contribution in [3.05, 3.63) is 113 Å². The zero-order chi connectivity index (χ0) is 24.8. The third-order valence-corrected chi connectivity index (χ3v) is 6.19. The molecule has 0 aliphatic heterocycles. The molecule has 1 heterocycles. The van der Waals surface area contributed by atoms with Crippen molar-refractivity contribution in [1.29, 1.82) is 0 Å². The fourth-order valence-corrected chi connectivity index (χ4v) is 4.04. The lowest BCUT2D eigenvalue weighted by molar-refractivity contribution is 0.140. The Balaban J connectivity index is 1.43. The Morgan fingerprint density at radius 1 is 0.943 bits per heavy atom. The molecule has 4 rings (SSSR count). The molecule has 0 aliphatic carbocycles. The molecule has 0 unspecified atom stereocenters. The SMILES string of the molecule is COc1cc(COC(=O)n2ccnc2[C@@H](C)c2cccc(C)c2C)ccc1OCc1ccccc1. The number of nitrogens with zero attached hydrogens (tertiary/aromatic N) is 2. The number of rotatable bonds is 8. The normalized spacial score (nSPS) is 11.7. The summed E-state index contributed by atoms with van der Waals surface area (Å²) in [4.78, 5) is 17.4. The molecular formula is C29H30N2O4. The number of aromatic nitrogens is 2. The number of imidazole rings is 1. The van der Waals surface area contributed by atoms with Crippen molar-refractivity contribution in [2.45, 2.75) is 39.9 Å². The third-order valence-electron chi connectivity index (χ3n) is 6.19. The van der Waals surface area contributed by atoms with E-state index in [0.29, 0.717) is 23.9 Å². The summed E-state index contributed by atoms with van der Waals surface area (Å²) in [5.74, 6) is 1.80. The van der Waals surface area contributed by atoms with E-state index in [1.165, 1.54) is 15.7 Å². The quantitative estimate of drug-likeness (QED) is 0.297. The van der Waals surface area contributed by atoms with Gasteiger partial charge in [0, 0.05) is 18.3 Å². The van der Waals surface area contributed by atoms with Gasteiger partial charge in [-0.1, -0.05) is 61.5 Å². The standard InChI is InChI=1S/C29H30N2O4/c1-20-9-8-12-25(21(20)2)22(3)28-30-15-16-31(28)29(32)35-19-24-13-14-26(27(17-24)33-4)34-18-23-10-6-5-7-11-23/h5-17,22H,18-19H2,1-4H3/t22-/m0/s1. The molecule has 1 atom stereocenters. The Morgan fingerprint density at radius 2 is 1.74 bits per heavy atom. The summed E-state index contributed by atoms with van der Waals surface area (Å²) in [6, 6.07) is 21.6. The van der Waals surface area contributed by atoms with Gasteiger partial charge in [-0.2, -0.15) is 0 Å². The first-order valence-corrected chi connectivity index (χ1v) is 11.6. The fraction of sp³-hybridized carbons (Fsp3) is 0.241. The molecule has 0 saturated heterocycles. The molecule has 6 nitrogen and oxygen atoms in total. The number of benzene rings is 3. The van der Waals surface area contributed by atoms with Gasteiger partial charge < -0.3 is 14.2 Å². The molecule has 0 radical (unpaired) electrons. The summed E-state index contributed by atoms with van der Waals surface area (Å²) in [6.45, 7) is 6.76. The third kappa shape index (κ3) is 5.54. The number of hydrogen-bond acceptors (Lipinski definition) is 5. The van der Waals surface area contributed by atoms with Crippen LogP contribution in [0.2, 0.25) is 0 Å². The van der Waals surface area contributed by atoms with Crippen LogP contribution in [0.15, 0.2) is 79.1 Å². The molecular weight excluding hydrogens is 440 g/mol. The molecule has 180 valence electrons. The van der Waals surface area contributed by atoms with Crippen LogP contribution in [0, 0.1) is 13.8 Å². The van der Waals surface area contributed by atoms with E-state index in [1.807, 2.05) is 61.5 Å². The van der Waals surface area contributed by atoms with Gasteiger partial charge in [-0.15, -0.1) is 0 Å². The van der Waals surface area contributed by atoms with Crippen LogP contribution in [0.5, 0.6) is 11.5 Å². The van der Waals surface area contributed by atoms with Crippen molar-refractivity contribution in [1.82, 2.24) is 9.55 Å². The summed E-state index contributed by atoms with van der Waals surface area (Å²) < 4.78 is 18.5. The average molecular weight is 471 g/mol. The zero-order valence-corrected chi connectivity index (χ0v) is 20.5. The molecule has 6 heteroatoms. The van der Waals surface area contributed by atoms with Crippen LogP contribution in [0.25, 0.3) is 0 Å². The minimum atomic E-state index is -0.474. The first-order chi connectivity index (χ1) is 17.0. The molecule has 0 bridgehead atoms. The van der Waals surface area contributed by atoms with Crippen molar-refractivity contribution in [3.8, 4) is 11.5 Å². The van der Waals surface area contributed by atoms with E-state index in [2.05, 4.69) is 31.0 Å². The Bertz CT molecular complexity index is 1300. The highest BCUT2D eigenvalue weighted by Gasteiger charge is 2.21. The zero-order valence-electron chi connectivity index (χ0n) is 20.5. The van der Waals surface area contributed by atoms with Crippen LogP contribution < -0.4 is 9.47 Å². The maximum absolute atomic E-state index is 12.9. The highest BCUT2D eigenvalue weighted by atomic mass is 16.5. The molecule has 0 aliphatic rings. The van der Waals surface area contributed by atoms with E-state index in [-0.39, 0.29) is 12.5 Å². The van der Waals surface area contributed by atoms with E-state index in [9.17, 15) is 4.79 Å². The van der Waals surface area contributed by atoms with Crippen molar-refractivity contribution < 1.29 is 19.0 Å². The van der Waals surface area contributed by atoms with Gasteiger partial charge in [-0.25, -0.2) is 14.3 Å². The molecule has 1 aromatic heterocycles. The second-order valence-electron chi connectivity index (χ2n) is 8.48. The lowest BCUT2D eigenvalue weighted by Gasteiger charge is -2.17. The largest absolute Gasteiger partial charge is 0.493 e. The average Bonchev–Trinajstić information content (AvgIpc) is 3.38. The number of carbonyl (C=O) groups is 1. The first kappa shape index (κ1) is 24.1.